The van der Waals surface area contributed by atoms with E-state index in [4.69, 9.17) is 28.2 Å². The highest BCUT2D eigenvalue weighted by atomic mass is 35.5. The van der Waals surface area contributed by atoms with Crippen molar-refractivity contribution < 1.29 is 14.3 Å². The predicted molar refractivity (Wildman–Crippen MR) is 161 cm³/mol. The Morgan fingerprint density at radius 1 is 1.16 bits per heavy atom. The Labute approximate surface area is 255 Å². The summed E-state index contributed by atoms with van der Waals surface area (Å²) in [6.45, 7) is 2.70. The van der Waals surface area contributed by atoms with Gasteiger partial charge in [-0.25, -0.2) is 9.78 Å². The quantitative estimate of drug-likeness (QED) is 0.187. The van der Waals surface area contributed by atoms with E-state index in [2.05, 4.69) is 41.0 Å². The van der Waals surface area contributed by atoms with Crippen LogP contribution in [0.5, 0.6) is 0 Å². The van der Waals surface area contributed by atoms with Crippen LogP contribution in [0, 0.1) is 0 Å². The van der Waals surface area contributed by atoms with Gasteiger partial charge < -0.3 is 15.0 Å². The molecule has 3 aromatic heterocycles. The van der Waals surface area contributed by atoms with Gasteiger partial charge in [0.05, 0.1) is 25.0 Å². The van der Waals surface area contributed by atoms with Crippen molar-refractivity contribution in [1.29, 1.82) is 0 Å². The lowest BCUT2D eigenvalue weighted by Gasteiger charge is -2.15. The average Bonchev–Trinajstić information content (AvgIpc) is 3.78. The van der Waals surface area contributed by atoms with Gasteiger partial charge in [0.2, 0.25) is 5.91 Å². The Balaban J connectivity index is 1.40. The number of H-pyrrole nitrogens is 1. The number of tetrazole rings is 1. The molecule has 0 aliphatic carbocycles. The number of hydrogen-bond acceptors (Lipinski definition) is 8. The molecule has 0 aliphatic rings. The Kier molecular flexibility index (Phi) is 9.13. The van der Waals surface area contributed by atoms with E-state index in [0.29, 0.717) is 57.2 Å². The Morgan fingerprint density at radius 3 is 2.67 bits per heavy atom. The number of hydrogen-bond donors (Lipinski definition) is 3. The minimum Gasteiger partial charge on any atom is -0.453 e. The molecule has 0 aliphatic heterocycles. The van der Waals surface area contributed by atoms with Crippen molar-refractivity contribution in [1.82, 2.24) is 45.3 Å². The number of benzene rings is 2. The van der Waals surface area contributed by atoms with E-state index in [1.165, 1.54) is 24.2 Å². The van der Waals surface area contributed by atoms with Crippen molar-refractivity contribution in [3.63, 3.8) is 0 Å². The van der Waals surface area contributed by atoms with Gasteiger partial charge in [-0.3, -0.25) is 14.8 Å². The number of methoxy groups -OCH3 is 1. The highest BCUT2D eigenvalue weighted by Crippen LogP contribution is 2.29. The molecule has 0 bridgehead atoms. The first kappa shape index (κ1) is 29.5. The van der Waals surface area contributed by atoms with Gasteiger partial charge in [0.1, 0.15) is 23.0 Å². The lowest BCUT2D eigenvalue weighted by Crippen LogP contribution is -2.29. The topological polar surface area (TPSA) is 158 Å². The van der Waals surface area contributed by atoms with E-state index >= 15 is 0 Å². The SMILES string of the molecule is CCn1cc(CC(NC(=O)/C=C/c2cc(Cl)ccc2-n2cnnn2)c2nc(-c3ccc(NC(=O)OC)cc3)c(Cl)[nH]2)cn1. The standard InChI is InChI=1S/C28H26Cl2N10O3/c1-3-39-15-17(14-32-39)12-22(27-35-25(26(30)36-27)18-4-8-21(9-5-18)33-28(42)43-2)34-24(41)11-6-19-13-20(29)7-10-23(19)40-16-31-37-38-40/h4-11,13-16,22H,3,12H2,1-2H3,(H,33,42)(H,34,41)(H,35,36)/b11-6+. The van der Waals surface area contributed by atoms with Crippen LogP contribution in [0.4, 0.5) is 10.5 Å². The maximum Gasteiger partial charge on any atom is 0.411 e. The normalized spacial score (nSPS) is 11.9. The second-order valence-electron chi connectivity index (χ2n) is 9.24. The molecule has 1 atom stereocenters. The molecule has 0 saturated heterocycles. The van der Waals surface area contributed by atoms with Crippen molar-refractivity contribution in [2.24, 2.45) is 0 Å². The summed E-state index contributed by atoms with van der Waals surface area (Å²) in [5.74, 6) is 0.0859. The lowest BCUT2D eigenvalue weighted by molar-refractivity contribution is -0.117. The Bertz CT molecular complexity index is 1750. The summed E-state index contributed by atoms with van der Waals surface area (Å²) in [5.41, 5.74) is 3.95. The van der Waals surface area contributed by atoms with Gasteiger partial charge in [0.15, 0.2) is 0 Å². The summed E-state index contributed by atoms with van der Waals surface area (Å²) < 4.78 is 7.91. The average molecular weight is 621 g/mol. The van der Waals surface area contributed by atoms with Crippen LogP contribution in [0.25, 0.3) is 23.0 Å². The molecule has 2 aromatic carbocycles. The fraction of sp³-hybridized carbons (Fsp3) is 0.179. The zero-order valence-corrected chi connectivity index (χ0v) is 24.5. The van der Waals surface area contributed by atoms with Crippen LogP contribution < -0.4 is 10.6 Å². The summed E-state index contributed by atoms with van der Waals surface area (Å²) in [7, 11) is 1.29. The van der Waals surface area contributed by atoms with Crippen molar-refractivity contribution in [3.05, 3.63) is 94.4 Å². The second-order valence-corrected chi connectivity index (χ2v) is 10.1. The van der Waals surface area contributed by atoms with E-state index in [-0.39, 0.29) is 5.91 Å². The summed E-state index contributed by atoms with van der Waals surface area (Å²) in [5, 5.41) is 22.0. The number of carbonyl (C=O) groups excluding carboxylic acids is 2. The minimum absolute atomic E-state index is 0.299. The van der Waals surface area contributed by atoms with Crippen LogP contribution in [-0.2, 0) is 22.5 Å². The molecule has 3 heterocycles. The molecule has 0 saturated carbocycles. The van der Waals surface area contributed by atoms with Crippen LogP contribution >= 0.6 is 23.2 Å². The maximum absolute atomic E-state index is 13.2. The predicted octanol–water partition coefficient (Wildman–Crippen LogP) is 4.87. The molecular weight excluding hydrogens is 595 g/mol. The van der Waals surface area contributed by atoms with Gasteiger partial charge in [0.25, 0.3) is 0 Å². The molecule has 2 amide bonds. The molecule has 5 rings (SSSR count). The summed E-state index contributed by atoms with van der Waals surface area (Å²) in [6, 6.07) is 11.6. The van der Waals surface area contributed by atoms with Gasteiger partial charge in [-0.05, 0) is 59.3 Å². The molecule has 0 fully saturated rings. The number of anilines is 1. The van der Waals surface area contributed by atoms with E-state index in [9.17, 15) is 9.59 Å². The molecule has 5 aromatic rings. The minimum atomic E-state index is -0.575. The number of aryl methyl sites for hydroxylation is 1. The van der Waals surface area contributed by atoms with E-state index < -0.39 is 12.1 Å². The summed E-state index contributed by atoms with van der Waals surface area (Å²) in [6.07, 6.45) is 7.98. The van der Waals surface area contributed by atoms with Crippen molar-refractivity contribution in [2.75, 3.05) is 12.4 Å². The zero-order valence-electron chi connectivity index (χ0n) is 23.0. The first-order valence-electron chi connectivity index (χ1n) is 13.1. The molecule has 3 N–H and O–H groups in total. The van der Waals surface area contributed by atoms with Crippen molar-refractivity contribution in [2.45, 2.75) is 25.9 Å². The molecule has 43 heavy (non-hydrogen) atoms. The smallest absolute Gasteiger partial charge is 0.411 e. The largest absolute Gasteiger partial charge is 0.453 e. The van der Waals surface area contributed by atoms with E-state index in [1.54, 1.807) is 59.4 Å². The van der Waals surface area contributed by atoms with Gasteiger partial charge >= 0.3 is 6.09 Å². The molecule has 0 spiro atoms. The third-order valence-electron chi connectivity index (χ3n) is 6.36. The molecule has 0 radical (unpaired) electrons. The van der Waals surface area contributed by atoms with Crippen molar-refractivity contribution in [3.8, 4) is 16.9 Å². The summed E-state index contributed by atoms with van der Waals surface area (Å²) in [4.78, 5) is 32.6. The van der Waals surface area contributed by atoms with Crippen LogP contribution in [0.3, 0.4) is 0 Å². The highest BCUT2D eigenvalue weighted by molar-refractivity contribution is 6.32. The van der Waals surface area contributed by atoms with Crippen molar-refractivity contribution >= 4 is 47.0 Å². The number of ether oxygens (including phenoxy) is 1. The van der Waals surface area contributed by atoms with Gasteiger partial charge in [-0.2, -0.15) is 9.78 Å². The van der Waals surface area contributed by atoms with Gasteiger partial charge in [-0.1, -0.05) is 35.3 Å². The monoisotopic (exact) mass is 620 g/mol. The van der Waals surface area contributed by atoms with Crippen LogP contribution in [0.2, 0.25) is 10.2 Å². The van der Waals surface area contributed by atoms with E-state index in [1.807, 2.05) is 13.1 Å². The molecule has 1 unspecified atom stereocenters. The Hall–Kier alpha value is -5.01. The Morgan fingerprint density at radius 2 is 1.98 bits per heavy atom. The molecule has 220 valence electrons. The third kappa shape index (κ3) is 7.26. The second kappa shape index (κ2) is 13.3. The molecule has 13 nitrogen and oxygen atoms in total. The number of nitrogens with one attached hydrogen (secondary N) is 3. The maximum atomic E-state index is 13.2. The van der Waals surface area contributed by atoms with Gasteiger partial charge in [0, 0.05) is 47.1 Å². The van der Waals surface area contributed by atoms with Crippen LogP contribution in [0.15, 0.2) is 67.3 Å². The fourth-order valence-electron chi connectivity index (χ4n) is 4.27. The number of rotatable bonds is 10. The lowest BCUT2D eigenvalue weighted by atomic mass is 10.1. The number of imidazole rings is 1. The number of amides is 2. The number of carbonyl (C=O) groups is 2. The number of aromatic nitrogens is 8. The fourth-order valence-corrected chi connectivity index (χ4v) is 4.70. The molecule has 15 heteroatoms. The first-order chi connectivity index (χ1) is 20.8. The first-order valence-corrected chi connectivity index (χ1v) is 13.8. The van der Waals surface area contributed by atoms with E-state index in [0.717, 1.165) is 5.56 Å². The van der Waals surface area contributed by atoms with Crippen LogP contribution in [-0.4, -0.2) is 59.1 Å². The van der Waals surface area contributed by atoms with Gasteiger partial charge in [-0.15, -0.1) is 5.10 Å². The number of nitrogens with zero attached hydrogens (tertiary/aromatic N) is 7. The highest BCUT2D eigenvalue weighted by Gasteiger charge is 2.22. The molecular formula is C28H26Cl2N10O3. The number of halogens is 2. The van der Waals surface area contributed by atoms with Crippen LogP contribution in [0.1, 0.15) is 29.9 Å². The number of aromatic amines is 1. The third-order valence-corrected chi connectivity index (χ3v) is 6.87. The zero-order chi connectivity index (χ0) is 30.3. The summed E-state index contributed by atoms with van der Waals surface area (Å²) >= 11 is 12.8.